The first-order valence-electron chi connectivity index (χ1n) is 13.6. The number of hydrogen-bond acceptors (Lipinski definition) is 7. The highest BCUT2D eigenvalue weighted by molar-refractivity contribution is 6.31. The molecule has 3 amide bonds. The number of pyridine rings is 1. The molecule has 0 bridgehead atoms. The zero-order chi connectivity index (χ0) is 27.8. The van der Waals surface area contributed by atoms with Crippen LogP contribution in [0.3, 0.4) is 0 Å². The zero-order valence-corrected chi connectivity index (χ0v) is 22.8. The number of rotatable bonds is 6. The fourth-order valence-corrected chi connectivity index (χ4v) is 6.14. The maximum absolute atomic E-state index is 14.0. The Morgan fingerprint density at radius 3 is 2.67 bits per heavy atom. The third-order valence-electron chi connectivity index (χ3n) is 7.86. The summed E-state index contributed by atoms with van der Waals surface area (Å²) in [5.41, 5.74) is 5.07. The summed E-state index contributed by atoms with van der Waals surface area (Å²) in [6.45, 7) is 4.52. The predicted molar refractivity (Wildman–Crippen MR) is 153 cm³/mol. The number of anilines is 2. The van der Waals surface area contributed by atoms with Gasteiger partial charge in [0.2, 0.25) is 11.8 Å². The number of benzene rings is 2. The molecule has 0 radical (unpaired) electrons. The van der Waals surface area contributed by atoms with Gasteiger partial charge < -0.3 is 20.6 Å². The minimum absolute atomic E-state index is 0.0185. The molecule has 3 N–H and O–H groups in total. The third-order valence-corrected chi connectivity index (χ3v) is 8.07. The van der Waals surface area contributed by atoms with E-state index in [2.05, 4.69) is 15.5 Å². The Morgan fingerprint density at radius 1 is 1.07 bits per heavy atom. The molecule has 2 aromatic carbocycles. The maximum Gasteiger partial charge on any atom is 0.255 e. The highest BCUT2D eigenvalue weighted by atomic mass is 35.5. The number of fused-ring (bicyclic) bond motifs is 3. The first-order valence-corrected chi connectivity index (χ1v) is 13.9. The fraction of sp³-hybridized carbons (Fsp3) is 0.379. The van der Waals surface area contributed by atoms with Gasteiger partial charge in [-0.3, -0.25) is 29.2 Å². The fourth-order valence-electron chi connectivity index (χ4n) is 5.90. The molecule has 0 unspecified atom stereocenters. The van der Waals surface area contributed by atoms with Crippen molar-refractivity contribution in [3.05, 3.63) is 63.8 Å². The lowest BCUT2D eigenvalue weighted by Gasteiger charge is -2.36. The van der Waals surface area contributed by atoms with Gasteiger partial charge in [-0.25, -0.2) is 0 Å². The molecular formula is C29H31ClN6O4. The second-order valence-electron chi connectivity index (χ2n) is 10.5. The number of piperazine rings is 1. The van der Waals surface area contributed by atoms with Crippen molar-refractivity contribution < 1.29 is 19.5 Å². The number of carbonyl (C=O) groups is 3. The van der Waals surface area contributed by atoms with E-state index in [4.69, 9.17) is 16.6 Å². The van der Waals surface area contributed by atoms with E-state index in [0.29, 0.717) is 61.1 Å². The molecule has 3 aliphatic heterocycles. The summed E-state index contributed by atoms with van der Waals surface area (Å²) in [6, 6.07) is 11.1. The van der Waals surface area contributed by atoms with Crippen molar-refractivity contribution in [3.8, 4) is 0 Å². The third kappa shape index (κ3) is 5.27. The molecule has 40 heavy (non-hydrogen) atoms. The molecule has 4 heterocycles. The van der Waals surface area contributed by atoms with Crippen LogP contribution >= 0.6 is 11.6 Å². The number of β-amino-alcohol motifs (C(OH)–C–C–N with tert-alkyl or cyclic N) is 1. The minimum atomic E-state index is -0.226. The highest BCUT2D eigenvalue weighted by Crippen LogP contribution is 2.35. The van der Waals surface area contributed by atoms with Crippen LogP contribution in [0.4, 0.5) is 11.4 Å². The molecule has 208 valence electrons. The van der Waals surface area contributed by atoms with Crippen molar-refractivity contribution in [2.24, 2.45) is 0 Å². The van der Waals surface area contributed by atoms with Crippen LogP contribution in [0, 0.1) is 0 Å². The molecule has 1 saturated heterocycles. The van der Waals surface area contributed by atoms with Crippen molar-refractivity contribution in [1.29, 1.82) is 0 Å². The number of amides is 3. The Kier molecular flexibility index (Phi) is 7.41. The molecular weight excluding hydrogens is 532 g/mol. The topological polar surface area (TPSA) is 118 Å². The Labute approximate surface area is 236 Å². The number of aliphatic hydroxyl groups excluding tert-OH is 1. The lowest BCUT2D eigenvalue weighted by molar-refractivity contribution is -0.117. The van der Waals surface area contributed by atoms with Gasteiger partial charge in [-0.1, -0.05) is 29.8 Å². The van der Waals surface area contributed by atoms with E-state index < -0.39 is 0 Å². The number of para-hydroxylation sites is 1. The van der Waals surface area contributed by atoms with Crippen molar-refractivity contribution >= 4 is 51.6 Å². The monoisotopic (exact) mass is 562 g/mol. The average Bonchev–Trinajstić information content (AvgIpc) is 3.32. The first kappa shape index (κ1) is 26.6. The van der Waals surface area contributed by atoms with Crippen molar-refractivity contribution in [3.63, 3.8) is 0 Å². The van der Waals surface area contributed by atoms with Crippen LogP contribution < -0.4 is 10.6 Å². The molecule has 0 spiro atoms. The van der Waals surface area contributed by atoms with Crippen LogP contribution in [-0.4, -0.2) is 94.9 Å². The molecule has 3 aromatic rings. The highest BCUT2D eigenvalue weighted by Gasteiger charge is 2.31. The molecule has 1 fully saturated rings. The SMILES string of the molecule is O=C(CN1CCc2nc3ccccc3c(C(=O)N3CCN(CCO)CC3)c2C1)Nc1cc(Cl)cc2c1NC(=O)C2. The van der Waals surface area contributed by atoms with Gasteiger partial charge in [0.05, 0.1) is 42.0 Å². The summed E-state index contributed by atoms with van der Waals surface area (Å²) in [7, 11) is 0. The van der Waals surface area contributed by atoms with E-state index in [-0.39, 0.29) is 37.3 Å². The number of aliphatic hydroxyl groups is 1. The van der Waals surface area contributed by atoms with Gasteiger partial charge >= 0.3 is 0 Å². The van der Waals surface area contributed by atoms with Crippen LogP contribution in [0.15, 0.2) is 36.4 Å². The average molecular weight is 563 g/mol. The van der Waals surface area contributed by atoms with Gasteiger partial charge in [-0.15, -0.1) is 0 Å². The number of hydrogen-bond donors (Lipinski definition) is 3. The van der Waals surface area contributed by atoms with Gasteiger partial charge in [0.25, 0.3) is 5.91 Å². The number of aromatic nitrogens is 1. The van der Waals surface area contributed by atoms with E-state index >= 15 is 0 Å². The predicted octanol–water partition coefficient (Wildman–Crippen LogP) is 2.13. The van der Waals surface area contributed by atoms with E-state index in [1.807, 2.05) is 34.1 Å². The summed E-state index contributed by atoms with van der Waals surface area (Å²) in [5.74, 6) is -0.377. The van der Waals surface area contributed by atoms with E-state index in [1.165, 1.54) is 0 Å². The van der Waals surface area contributed by atoms with E-state index in [0.717, 1.165) is 40.8 Å². The van der Waals surface area contributed by atoms with Crippen LogP contribution in [0.5, 0.6) is 0 Å². The molecule has 10 nitrogen and oxygen atoms in total. The Hall–Kier alpha value is -3.57. The van der Waals surface area contributed by atoms with Gasteiger partial charge in [0, 0.05) is 73.9 Å². The van der Waals surface area contributed by atoms with Gasteiger partial charge in [-0.2, -0.15) is 0 Å². The lowest BCUT2D eigenvalue weighted by Crippen LogP contribution is -2.49. The van der Waals surface area contributed by atoms with Crippen LogP contribution in [0.1, 0.15) is 27.2 Å². The quantitative estimate of drug-likeness (QED) is 0.421. The Balaban J connectivity index is 1.23. The maximum atomic E-state index is 14.0. The van der Waals surface area contributed by atoms with Crippen LogP contribution in [0.25, 0.3) is 10.9 Å². The molecule has 6 rings (SSSR count). The summed E-state index contributed by atoms with van der Waals surface area (Å²) in [5, 5.41) is 16.3. The Bertz CT molecular complexity index is 1500. The molecule has 0 saturated carbocycles. The number of nitrogens with zero attached hydrogens (tertiary/aromatic N) is 4. The number of halogens is 1. The summed E-state index contributed by atoms with van der Waals surface area (Å²) in [6.07, 6.45) is 0.858. The second kappa shape index (κ2) is 11.1. The Morgan fingerprint density at radius 2 is 1.88 bits per heavy atom. The summed E-state index contributed by atoms with van der Waals surface area (Å²) >= 11 is 6.23. The largest absolute Gasteiger partial charge is 0.395 e. The lowest BCUT2D eigenvalue weighted by atomic mass is 9.94. The summed E-state index contributed by atoms with van der Waals surface area (Å²) < 4.78 is 0. The van der Waals surface area contributed by atoms with Gasteiger partial charge in [-0.05, 0) is 23.8 Å². The smallest absolute Gasteiger partial charge is 0.255 e. The number of nitrogens with one attached hydrogen (secondary N) is 2. The van der Waals surface area contributed by atoms with Crippen LogP contribution in [0.2, 0.25) is 5.02 Å². The van der Waals surface area contributed by atoms with E-state index in [9.17, 15) is 19.5 Å². The van der Waals surface area contributed by atoms with Crippen molar-refractivity contribution in [2.45, 2.75) is 19.4 Å². The molecule has 0 aliphatic carbocycles. The second-order valence-corrected chi connectivity index (χ2v) is 10.9. The molecule has 0 atom stereocenters. The molecule has 11 heteroatoms. The minimum Gasteiger partial charge on any atom is -0.395 e. The van der Waals surface area contributed by atoms with E-state index in [1.54, 1.807) is 12.1 Å². The summed E-state index contributed by atoms with van der Waals surface area (Å²) in [4.78, 5) is 49.9. The molecule has 3 aliphatic rings. The van der Waals surface area contributed by atoms with Crippen molar-refractivity contribution in [1.82, 2.24) is 19.7 Å². The van der Waals surface area contributed by atoms with Crippen LogP contribution in [-0.2, 0) is 29.0 Å². The van der Waals surface area contributed by atoms with Gasteiger partial charge in [0.1, 0.15) is 0 Å². The molecule has 1 aromatic heterocycles. The zero-order valence-electron chi connectivity index (χ0n) is 22.1. The van der Waals surface area contributed by atoms with Crippen molar-refractivity contribution in [2.75, 3.05) is 63.1 Å². The first-order chi connectivity index (χ1) is 19.4. The number of carbonyl (C=O) groups excluding carboxylic acids is 3. The van der Waals surface area contributed by atoms with Gasteiger partial charge in [0.15, 0.2) is 0 Å². The standard InChI is InChI=1S/C29H31ClN6O4/c30-19-13-18-14-25(38)33-28(18)24(15-19)32-26(39)17-35-6-5-23-21(16-35)27(20-3-1-2-4-22(20)31-23)29(40)36-9-7-34(8-10-36)11-12-37/h1-4,13,15,37H,5-12,14,16-17H2,(H,32,39)(H,33,38). The normalized spacial score (nSPS) is 17.4.